The van der Waals surface area contributed by atoms with Crippen LogP contribution in [0, 0.1) is 13.8 Å². The Labute approximate surface area is 183 Å². The monoisotopic (exact) mass is 439 g/mol. The average Bonchev–Trinajstić information content (AvgIpc) is 2.98. The quantitative estimate of drug-likeness (QED) is 0.641. The van der Waals surface area contributed by atoms with Crippen molar-refractivity contribution in [2.45, 2.75) is 13.8 Å². The van der Waals surface area contributed by atoms with Crippen LogP contribution in [-0.4, -0.2) is 41.0 Å². The summed E-state index contributed by atoms with van der Waals surface area (Å²) in [5, 5.41) is 2.20. The van der Waals surface area contributed by atoms with Gasteiger partial charge in [-0.3, -0.25) is 24.1 Å². The number of para-hydroxylation sites is 1. The Morgan fingerprint density at radius 2 is 1.87 bits per heavy atom. The third-order valence-corrected chi connectivity index (χ3v) is 5.54. The van der Waals surface area contributed by atoms with Crippen LogP contribution in [0.15, 0.2) is 47.4 Å². The predicted octanol–water partition coefficient (Wildman–Crippen LogP) is 2.84. The van der Waals surface area contributed by atoms with Gasteiger partial charge in [-0.1, -0.05) is 30.3 Å². The predicted molar refractivity (Wildman–Crippen MR) is 118 cm³/mol. The average molecular weight is 439 g/mol. The standard InChI is InChI=1S/C22H21N3O5S/c1-13-6-5-8-16(14(13)2)24-20(27)11-25-21(28)18(31-22(25)29)10-15-7-3-4-9-17(15)30-12-19(23)26/h3-10H,11-12H2,1-2H3,(H2,23,26)(H,24,27)/b18-10+. The van der Waals surface area contributed by atoms with E-state index in [0.717, 1.165) is 27.8 Å². The zero-order valence-electron chi connectivity index (χ0n) is 17.0. The Balaban J connectivity index is 1.73. The highest BCUT2D eigenvalue weighted by atomic mass is 32.2. The number of carbonyl (C=O) groups is 4. The molecule has 31 heavy (non-hydrogen) atoms. The molecule has 2 aromatic rings. The van der Waals surface area contributed by atoms with Gasteiger partial charge >= 0.3 is 0 Å². The molecule has 1 aliphatic rings. The molecule has 8 nitrogen and oxygen atoms in total. The number of benzene rings is 2. The zero-order chi connectivity index (χ0) is 22.5. The van der Waals surface area contributed by atoms with Crippen molar-refractivity contribution < 1.29 is 23.9 Å². The van der Waals surface area contributed by atoms with E-state index >= 15 is 0 Å². The minimum Gasteiger partial charge on any atom is -0.483 e. The number of nitrogens with zero attached hydrogens (tertiary/aromatic N) is 1. The molecule has 1 saturated heterocycles. The molecule has 0 aliphatic carbocycles. The van der Waals surface area contributed by atoms with Gasteiger partial charge in [0.15, 0.2) is 6.61 Å². The maximum Gasteiger partial charge on any atom is 0.294 e. The fraction of sp³-hybridized carbons (Fsp3) is 0.182. The normalized spacial score (nSPS) is 14.8. The second-order valence-corrected chi connectivity index (χ2v) is 7.85. The van der Waals surface area contributed by atoms with E-state index in [-0.39, 0.29) is 11.5 Å². The number of hydrogen-bond acceptors (Lipinski definition) is 6. The second kappa shape index (κ2) is 9.48. The summed E-state index contributed by atoms with van der Waals surface area (Å²) in [4.78, 5) is 49.5. The minimum atomic E-state index is -0.634. The summed E-state index contributed by atoms with van der Waals surface area (Å²) in [6.07, 6.45) is 1.49. The van der Waals surface area contributed by atoms with Gasteiger partial charge < -0.3 is 15.8 Å². The first kappa shape index (κ1) is 22.1. The Morgan fingerprint density at radius 3 is 2.61 bits per heavy atom. The van der Waals surface area contributed by atoms with Crippen molar-refractivity contribution in [2.75, 3.05) is 18.5 Å². The van der Waals surface area contributed by atoms with Crippen molar-refractivity contribution >= 4 is 46.5 Å². The van der Waals surface area contributed by atoms with Crippen LogP contribution in [-0.2, 0) is 14.4 Å². The van der Waals surface area contributed by atoms with Crippen LogP contribution >= 0.6 is 11.8 Å². The van der Waals surface area contributed by atoms with Crippen LogP contribution in [0.4, 0.5) is 10.5 Å². The first-order valence-electron chi connectivity index (χ1n) is 9.38. The first-order valence-corrected chi connectivity index (χ1v) is 10.2. The van der Waals surface area contributed by atoms with Crippen LogP contribution in [0.3, 0.4) is 0 Å². The fourth-order valence-electron chi connectivity index (χ4n) is 2.88. The molecule has 160 valence electrons. The van der Waals surface area contributed by atoms with E-state index in [1.807, 2.05) is 26.0 Å². The first-order chi connectivity index (χ1) is 14.8. The molecular formula is C22H21N3O5S. The van der Waals surface area contributed by atoms with Crippen molar-refractivity contribution in [3.63, 3.8) is 0 Å². The number of primary amides is 1. The molecular weight excluding hydrogens is 418 g/mol. The van der Waals surface area contributed by atoms with E-state index in [4.69, 9.17) is 10.5 Å². The molecule has 1 aliphatic heterocycles. The Kier molecular flexibility index (Phi) is 6.76. The number of amides is 4. The maximum atomic E-state index is 12.7. The van der Waals surface area contributed by atoms with E-state index < -0.39 is 29.5 Å². The Hall–Kier alpha value is -3.59. The molecule has 4 amide bonds. The molecule has 3 N–H and O–H groups in total. The van der Waals surface area contributed by atoms with Gasteiger partial charge in [0.2, 0.25) is 5.91 Å². The number of carbonyl (C=O) groups excluding carboxylic acids is 4. The number of aryl methyl sites for hydroxylation is 1. The number of nitrogens with one attached hydrogen (secondary N) is 1. The zero-order valence-corrected chi connectivity index (χ0v) is 17.8. The molecule has 0 saturated carbocycles. The molecule has 1 fully saturated rings. The van der Waals surface area contributed by atoms with Gasteiger partial charge in [0.1, 0.15) is 12.3 Å². The molecule has 1 heterocycles. The van der Waals surface area contributed by atoms with Gasteiger partial charge in [-0.2, -0.15) is 0 Å². The summed E-state index contributed by atoms with van der Waals surface area (Å²) in [5.74, 6) is -1.33. The Bertz CT molecular complexity index is 1100. The summed E-state index contributed by atoms with van der Waals surface area (Å²) >= 11 is 0.735. The lowest BCUT2D eigenvalue weighted by Crippen LogP contribution is -2.36. The molecule has 2 aromatic carbocycles. The van der Waals surface area contributed by atoms with Gasteiger partial charge in [-0.05, 0) is 54.9 Å². The molecule has 0 bridgehead atoms. The second-order valence-electron chi connectivity index (χ2n) is 6.86. The highest BCUT2D eigenvalue weighted by Crippen LogP contribution is 2.34. The molecule has 0 radical (unpaired) electrons. The number of imide groups is 1. The largest absolute Gasteiger partial charge is 0.483 e. The van der Waals surface area contributed by atoms with E-state index in [1.165, 1.54) is 6.08 Å². The Morgan fingerprint density at radius 1 is 1.13 bits per heavy atom. The lowest BCUT2D eigenvalue weighted by molar-refractivity contribution is -0.127. The lowest BCUT2D eigenvalue weighted by atomic mass is 10.1. The minimum absolute atomic E-state index is 0.152. The number of rotatable bonds is 7. The van der Waals surface area contributed by atoms with Crippen molar-refractivity contribution in [3.8, 4) is 5.75 Å². The highest BCUT2D eigenvalue weighted by Gasteiger charge is 2.36. The van der Waals surface area contributed by atoms with Crippen LogP contribution in [0.5, 0.6) is 5.75 Å². The third kappa shape index (κ3) is 5.32. The van der Waals surface area contributed by atoms with Crippen LogP contribution < -0.4 is 15.8 Å². The molecule has 0 atom stereocenters. The molecule has 0 unspecified atom stereocenters. The number of hydrogen-bond donors (Lipinski definition) is 2. The van der Waals surface area contributed by atoms with Gasteiger partial charge in [0.25, 0.3) is 17.1 Å². The van der Waals surface area contributed by atoms with Gasteiger partial charge in [-0.15, -0.1) is 0 Å². The summed E-state index contributed by atoms with van der Waals surface area (Å²) in [5.41, 5.74) is 8.18. The molecule has 3 rings (SSSR count). The topological polar surface area (TPSA) is 119 Å². The number of nitrogens with two attached hydrogens (primary N) is 1. The van der Waals surface area contributed by atoms with Crippen molar-refractivity contribution in [3.05, 3.63) is 64.1 Å². The number of ether oxygens (including phenoxy) is 1. The summed E-state index contributed by atoms with van der Waals surface area (Å²) in [6.45, 7) is 3.10. The van der Waals surface area contributed by atoms with Crippen LogP contribution in [0.25, 0.3) is 6.08 Å². The smallest absolute Gasteiger partial charge is 0.294 e. The highest BCUT2D eigenvalue weighted by molar-refractivity contribution is 8.18. The summed E-state index contributed by atoms with van der Waals surface area (Å²) in [7, 11) is 0. The molecule has 0 spiro atoms. The van der Waals surface area contributed by atoms with Crippen molar-refractivity contribution in [1.82, 2.24) is 4.90 Å². The van der Waals surface area contributed by atoms with Crippen LogP contribution in [0.1, 0.15) is 16.7 Å². The molecule has 9 heteroatoms. The summed E-state index contributed by atoms with van der Waals surface area (Å²) < 4.78 is 5.35. The van der Waals surface area contributed by atoms with E-state index in [1.54, 1.807) is 30.3 Å². The third-order valence-electron chi connectivity index (χ3n) is 4.63. The van der Waals surface area contributed by atoms with E-state index in [2.05, 4.69) is 5.32 Å². The van der Waals surface area contributed by atoms with E-state index in [0.29, 0.717) is 17.0 Å². The van der Waals surface area contributed by atoms with Crippen LogP contribution in [0.2, 0.25) is 0 Å². The fourth-order valence-corrected chi connectivity index (χ4v) is 3.71. The summed E-state index contributed by atoms with van der Waals surface area (Å²) in [6, 6.07) is 12.2. The van der Waals surface area contributed by atoms with Gasteiger partial charge in [0.05, 0.1) is 4.91 Å². The van der Waals surface area contributed by atoms with Crippen molar-refractivity contribution in [2.24, 2.45) is 5.73 Å². The SMILES string of the molecule is Cc1cccc(NC(=O)CN2C(=O)S/C(=C/c3ccccc3OCC(N)=O)C2=O)c1C. The lowest BCUT2D eigenvalue weighted by Gasteiger charge is -2.14. The maximum absolute atomic E-state index is 12.7. The van der Waals surface area contributed by atoms with Gasteiger partial charge in [-0.25, -0.2) is 0 Å². The molecule has 0 aromatic heterocycles. The number of anilines is 1. The van der Waals surface area contributed by atoms with Crippen molar-refractivity contribution in [1.29, 1.82) is 0 Å². The van der Waals surface area contributed by atoms with E-state index in [9.17, 15) is 19.2 Å². The van der Waals surface area contributed by atoms with Gasteiger partial charge in [0, 0.05) is 11.3 Å². The number of thioether (sulfide) groups is 1.